The first-order valence-corrected chi connectivity index (χ1v) is 7.99. The van der Waals surface area contributed by atoms with E-state index in [0.29, 0.717) is 10.9 Å². The van der Waals surface area contributed by atoms with Crippen LogP contribution in [-0.2, 0) is 4.74 Å². The number of hydrogen-bond acceptors (Lipinski definition) is 2. The lowest BCUT2D eigenvalue weighted by Gasteiger charge is -2.12. The highest BCUT2D eigenvalue weighted by molar-refractivity contribution is 14.1. The number of carbonyl (C=O) groups is 1. The van der Waals surface area contributed by atoms with E-state index in [-0.39, 0.29) is 12.1 Å². The molecule has 1 unspecified atom stereocenters. The molecule has 82 valence electrons. The third-order valence-corrected chi connectivity index (χ3v) is 4.36. The number of halogens is 3. The van der Waals surface area contributed by atoms with Crippen molar-refractivity contribution in [1.29, 1.82) is 0 Å². The van der Waals surface area contributed by atoms with Crippen molar-refractivity contribution in [3.63, 3.8) is 0 Å². The summed E-state index contributed by atoms with van der Waals surface area (Å²) in [5, 5.41) is 0.672. The average molecular weight is 495 g/mol. The molecule has 0 aliphatic heterocycles. The fraction of sp³-hybridized carbons (Fsp3) is 0.300. The molecule has 1 rings (SSSR count). The molecule has 0 saturated heterocycles. The van der Waals surface area contributed by atoms with Crippen LogP contribution in [0.25, 0.3) is 0 Å². The second-order valence-corrected chi connectivity index (χ2v) is 5.51. The van der Waals surface area contributed by atoms with Crippen LogP contribution in [0.2, 0.25) is 0 Å². The number of rotatable bonds is 4. The molecule has 0 aliphatic rings. The highest BCUT2D eigenvalue weighted by atomic mass is 127. The number of carbonyl (C=O) groups excluding carboxylic acids is 1. The SMILES string of the molecule is O=C(OC(CBr)CI)c1ccccc1I. The zero-order valence-corrected chi connectivity index (χ0v) is 13.7. The quantitative estimate of drug-likeness (QED) is 0.363. The van der Waals surface area contributed by atoms with Gasteiger partial charge < -0.3 is 4.74 Å². The third-order valence-electron chi connectivity index (χ3n) is 1.71. The first-order chi connectivity index (χ1) is 7.19. The highest BCUT2D eigenvalue weighted by Crippen LogP contribution is 2.14. The van der Waals surface area contributed by atoms with Crippen LogP contribution in [0.4, 0.5) is 0 Å². The van der Waals surface area contributed by atoms with Gasteiger partial charge in [0.15, 0.2) is 0 Å². The Morgan fingerprint density at radius 1 is 1.47 bits per heavy atom. The molecule has 0 aliphatic carbocycles. The van der Waals surface area contributed by atoms with E-state index in [1.54, 1.807) is 6.07 Å². The Balaban J connectivity index is 2.73. The molecule has 5 heteroatoms. The highest BCUT2D eigenvalue weighted by Gasteiger charge is 2.15. The van der Waals surface area contributed by atoms with Crippen molar-refractivity contribution >= 4 is 67.1 Å². The van der Waals surface area contributed by atoms with Gasteiger partial charge in [-0.05, 0) is 34.7 Å². The molecule has 15 heavy (non-hydrogen) atoms. The summed E-state index contributed by atoms with van der Waals surface area (Å²) < 4.78 is 7.03. The molecule has 1 aromatic rings. The van der Waals surface area contributed by atoms with Crippen molar-refractivity contribution in [2.45, 2.75) is 6.10 Å². The van der Waals surface area contributed by atoms with Crippen LogP contribution in [0.3, 0.4) is 0 Å². The second kappa shape index (κ2) is 7.05. The molecular weight excluding hydrogens is 486 g/mol. The minimum Gasteiger partial charge on any atom is -0.457 e. The van der Waals surface area contributed by atoms with Gasteiger partial charge in [0.1, 0.15) is 6.10 Å². The summed E-state index contributed by atoms with van der Waals surface area (Å²) in [5.41, 5.74) is 0.633. The maximum Gasteiger partial charge on any atom is 0.339 e. The number of hydrogen-bond donors (Lipinski definition) is 0. The Kier molecular flexibility index (Phi) is 6.44. The Morgan fingerprint density at radius 3 is 2.67 bits per heavy atom. The smallest absolute Gasteiger partial charge is 0.339 e. The third kappa shape index (κ3) is 4.18. The van der Waals surface area contributed by atoms with Gasteiger partial charge in [0.2, 0.25) is 0 Å². The van der Waals surface area contributed by atoms with Crippen LogP contribution in [0.15, 0.2) is 24.3 Å². The lowest BCUT2D eigenvalue weighted by Crippen LogP contribution is -2.21. The van der Waals surface area contributed by atoms with Crippen molar-refractivity contribution in [2.75, 3.05) is 9.76 Å². The Morgan fingerprint density at radius 2 is 2.13 bits per heavy atom. The van der Waals surface area contributed by atoms with Crippen molar-refractivity contribution in [1.82, 2.24) is 0 Å². The summed E-state index contributed by atoms with van der Waals surface area (Å²) in [4.78, 5) is 11.7. The van der Waals surface area contributed by atoms with Crippen molar-refractivity contribution in [3.8, 4) is 0 Å². The summed E-state index contributed by atoms with van der Waals surface area (Å²) in [6.45, 7) is 0. The van der Waals surface area contributed by atoms with Gasteiger partial charge in [0.25, 0.3) is 0 Å². The van der Waals surface area contributed by atoms with Crippen molar-refractivity contribution < 1.29 is 9.53 Å². The van der Waals surface area contributed by atoms with Crippen LogP contribution in [0.5, 0.6) is 0 Å². The van der Waals surface area contributed by atoms with E-state index in [2.05, 4.69) is 61.1 Å². The Labute approximate surface area is 125 Å². The van der Waals surface area contributed by atoms with Crippen LogP contribution >= 0.6 is 61.1 Å². The van der Waals surface area contributed by atoms with Gasteiger partial charge in [-0.1, -0.05) is 50.7 Å². The summed E-state index contributed by atoms with van der Waals surface area (Å²) >= 11 is 7.65. The summed E-state index contributed by atoms with van der Waals surface area (Å²) in [6, 6.07) is 7.41. The first-order valence-electron chi connectivity index (χ1n) is 4.26. The Hall–Kier alpha value is 0.630. The van der Waals surface area contributed by atoms with Gasteiger partial charge in [-0.2, -0.15) is 0 Å². The minimum atomic E-state index is -0.249. The van der Waals surface area contributed by atoms with E-state index in [1.807, 2.05) is 18.2 Å². The fourth-order valence-corrected chi connectivity index (χ4v) is 3.26. The lowest BCUT2D eigenvalue weighted by molar-refractivity contribution is 0.0399. The monoisotopic (exact) mass is 494 g/mol. The second-order valence-electron chi connectivity index (χ2n) is 2.82. The first kappa shape index (κ1) is 13.7. The molecule has 0 heterocycles. The summed E-state index contributed by atoms with van der Waals surface area (Å²) in [7, 11) is 0. The molecule has 0 spiro atoms. The minimum absolute atomic E-state index is 0.0610. The predicted octanol–water partition coefficient (Wildman–Crippen LogP) is 3.65. The molecule has 0 saturated carbocycles. The van der Waals surface area contributed by atoms with E-state index in [0.717, 1.165) is 8.00 Å². The van der Waals surface area contributed by atoms with Crippen LogP contribution in [-0.4, -0.2) is 21.8 Å². The molecule has 0 fully saturated rings. The fourth-order valence-electron chi connectivity index (χ4n) is 0.946. The molecule has 2 nitrogen and oxygen atoms in total. The summed E-state index contributed by atoms with van der Waals surface area (Å²) in [6.07, 6.45) is -0.0610. The van der Waals surface area contributed by atoms with Crippen molar-refractivity contribution in [2.24, 2.45) is 0 Å². The van der Waals surface area contributed by atoms with Gasteiger partial charge in [0, 0.05) is 13.3 Å². The van der Waals surface area contributed by atoms with Gasteiger partial charge in [0.05, 0.1) is 5.56 Å². The lowest BCUT2D eigenvalue weighted by atomic mass is 10.2. The maximum absolute atomic E-state index is 11.7. The number of alkyl halides is 2. The number of ether oxygens (including phenoxy) is 1. The zero-order valence-electron chi connectivity index (χ0n) is 7.75. The molecule has 0 N–H and O–H groups in total. The molecule has 0 radical (unpaired) electrons. The van der Waals surface area contributed by atoms with Gasteiger partial charge in [-0.25, -0.2) is 4.79 Å². The zero-order chi connectivity index (χ0) is 11.3. The number of benzene rings is 1. The Bertz CT molecular complexity index is 340. The van der Waals surface area contributed by atoms with E-state index < -0.39 is 0 Å². The van der Waals surface area contributed by atoms with Crippen molar-refractivity contribution in [3.05, 3.63) is 33.4 Å². The van der Waals surface area contributed by atoms with Gasteiger partial charge in [-0.3, -0.25) is 0 Å². The topological polar surface area (TPSA) is 26.3 Å². The van der Waals surface area contributed by atoms with Gasteiger partial charge >= 0.3 is 5.97 Å². The molecule has 1 aromatic carbocycles. The summed E-state index contributed by atoms with van der Waals surface area (Å²) in [5.74, 6) is -0.249. The number of esters is 1. The average Bonchev–Trinajstić information content (AvgIpc) is 2.26. The van der Waals surface area contributed by atoms with E-state index in [4.69, 9.17) is 4.74 Å². The van der Waals surface area contributed by atoms with Crippen LogP contribution < -0.4 is 0 Å². The molecule has 0 amide bonds. The molecule has 0 bridgehead atoms. The molecular formula is C10H9BrI2O2. The maximum atomic E-state index is 11.7. The van der Waals surface area contributed by atoms with E-state index in [9.17, 15) is 4.79 Å². The molecule has 0 aromatic heterocycles. The largest absolute Gasteiger partial charge is 0.457 e. The van der Waals surface area contributed by atoms with Gasteiger partial charge in [-0.15, -0.1) is 0 Å². The van der Waals surface area contributed by atoms with Crippen LogP contribution in [0.1, 0.15) is 10.4 Å². The normalized spacial score (nSPS) is 12.2. The van der Waals surface area contributed by atoms with E-state index >= 15 is 0 Å². The van der Waals surface area contributed by atoms with Crippen LogP contribution in [0, 0.1) is 3.57 Å². The predicted molar refractivity (Wildman–Crippen MR) is 81.0 cm³/mol. The van der Waals surface area contributed by atoms with E-state index in [1.165, 1.54) is 0 Å². The molecule has 1 atom stereocenters. The standard InChI is InChI=1S/C10H9BrI2O2/c11-5-7(6-12)15-10(14)8-3-1-2-4-9(8)13/h1-4,7H,5-6H2.